The standard InChI is InChI=1S/C20H21F2N3O3/c1-12-15(4-5-19(25-12)28-11-18(21)22)10-24-20(27)14-6-7-23-16(8-14)9-17(26)13-2-3-13/h4-8,13,18H,2-3,9-11H2,1H3,(H,24,27). The number of halogens is 2. The van der Waals surface area contributed by atoms with Crippen LogP contribution in [0.15, 0.2) is 30.5 Å². The van der Waals surface area contributed by atoms with Gasteiger partial charge in [0.1, 0.15) is 5.78 Å². The number of hydrogen-bond acceptors (Lipinski definition) is 5. The highest BCUT2D eigenvalue weighted by Crippen LogP contribution is 2.30. The second-order valence-corrected chi connectivity index (χ2v) is 6.73. The van der Waals surface area contributed by atoms with E-state index in [4.69, 9.17) is 4.74 Å². The fourth-order valence-electron chi connectivity index (χ4n) is 2.70. The maximum absolute atomic E-state index is 12.4. The number of pyridine rings is 2. The molecule has 28 heavy (non-hydrogen) atoms. The van der Waals surface area contributed by atoms with Gasteiger partial charge in [-0.1, -0.05) is 6.07 Å². The number of amides is 1. The minimum Gasteiger partial charge on any atom is -0.472 e. The van der Waals surface area contributed by atoms with Gasteiger partial charge in [0.15, 0.2) is 6.61 Å². The summed E-state index contributed by atoms with van der Waals surface area (Å²) in [6.07, 6.45) is 1.09. The summed E-state index contributed by atoms with van der Waals surface area (Å²) in [4.78, 5) is 32.6. The molecule has 0 bridgehead atoms. The second-order valence-electron chi connectivity index (χ2n) is 6.73. The van der Waals surface area contributed by atoms with Crippen LogP contribution in [0.2, 0.25) is 0 Å². The smallest absolute Gasteiger partial charge is 0.272 e. The number of alkyl halides is 2. The van der Waals surface area contributed by atoms with Gasteiger partial charge in [-0.15, -0.1) is 0 Å². The van der Waals surface area contributed by atoms with Crippen LogP contribution in [0.3, 0.4) is 0 Å². The van der Waals surface area contributed by atoms with Gasteiger partial charge in [0.25, 0.3) is 12.3 Å². The average molecular weight is 389 g/mol. The van der Waals surface area contributed by atoms with Crippen molar-refractivity contribution in [1.29, 1.82) is 0 Å². The molecule has 0 radical (unpaired) electrons. The first-order valence-corrected chi connectivity index (χ1v) is 9.05. The predicted octanol–water partition coefficient (Wildman–Crippen LogP) is 2.88. The van der Waals surface area contributed by atoms with E-state index in [0.29, 0.717) is 17.0 Å². The Hall–Kier alpha value is -2.90. The van der Waals surface area contributed by atoms with Gasteiger partial charge in [-0.3, -0.25) is 14.6 Å². The summed E-state index contributed by atoms with van der Waals surface area (Å²) >= 11 is 0. The number of nitrogens with zero attached hydrogens (tertiary/aromatic N) is 2. The van der Waals surface area contributed by atoms with E-state index in [0.717, 1.165) is 18.4 Å². The molecule has 8 heteroatoms. The molecule has 1 saturated carbocycles. The zero-order valence-electron chi connectivity index (χ0n) is 15.5. The monoisotopic (exact) mass is 389 g/mol. The lowest BCUT2D eigenvalue weighted by atomic mass is 10.1. The van der Waals surface area contributed by atoms with Crippen molar-refractivity contribution < 1.29 is 23.1 Å². The Morgan fingerprint density at radius 2 is 2.07 bits per heavy atom. The Morgan fingerprint density at radius 3 is 2.75 bits per heavy atom. The van der Waals surface area contributed by atoms with Crippen LogP contribution in [-0.4, -0.2) is 34.7 Å². The van der Waals surface area contributed by atoms with E-state index in [-0.39, 0.29) is 36.5 Å². The molecular weight excluding hydrogens is 368 g/mol. The number of ether oxygens (including phenoxy) is 1. The Kier molecular flexibility index (Phi) is 6.28. The number of nitrogens with one attached hydrogen (secondary N) is 1. The highest BCUT2D eigenvalue weighted by molar-refractivity contribution is 5.94. The van der Waals surface area contributed by atoms with Crippen molar-refractivity contribution >= 4 is 11.7 Å². The van der Waals surface area contributed by atoms with Gasteiger partial charge in [0.2, 0.25) is 5.88 Å². The van der Waals surface area contributed by atoms with Crippen LogP contribution in [0, 0.1) is 12.8 Å². The molecular formula is C20H21F2N3O3. The number of carbonyl (C=O) groups excluding carboxylic acids is 2. The van der Waals surface area contributed by atoms with Crippen molar-refractivity contribution in [3.8, 4) is 5.88 Å². The Morgan fingerprint density at radius 1 is 1.29 bits per heavy atom. The molecule has 1 aliphatic rings. The molecule has 3 rings (SSSR count). The molecule has 0 spiro atoms. The number of aromatic nitrogens is 2. The predicted molar refractivity (Wildman–Crippen MR) is 97.3 cm³/mol. The molecule has 6 nitrogen and oxygen atoms in total. The topological polar surface area (TPSA) is 81.2 Å². The zero-order valence-corrected chi connectivity index (χ0v) is 15.5. The van der Waals surface area contributed by atoms with E-state index < -0.39 is 13.0 Å². The minimum absolute atomic E-state index is 0.118. The summed E-state index contributed by atoms with van der Waals surface area (Å²) in [5, 5.41) is 2.79. The molecule has 0 unspecified atom stereocenters. The van der Waals surface area contributed by atoms with Crippen LogP contribution >= 0.6 is 0 Å². The quantitative estimate of drug-likeness (QED) is 0.713. The van der Waals surface area contributed by atoms with E-state index in [1.54, 1.807) is 25.1 Å². The summed E-state index contributed by atoms with van der Waals surface area (Å²) < 4.78 is 29.3. The lowest BCUT2D eigenvalue weighted by Gasteiger charge is -2.10. The molecule has 1 N–H and O–H groups in total. The number of hydrogen-bond donors (Lipinski definition) is 1. The van der Waals surface area contributed by atoms with Gasteiger partial charge in [0, 0.05) is 48.1 Å². The fraction of sp³-hybridized carbons (Fsp3) is 0.400. The highest BCUT2D eigenvalue weighted by atomic mass is 19.3. The van der Waals surface area contributed by atoms with E-state index in [2.05, 4.69) is 15.3 Å². The van der Waals surface area contributed by atoms with Crippen molar-refractivity contribution in [3.63, 3.8) is 0 Å². The van der Waals surface area contributed by atoms with Gasteiger partial charge in [0.05, 0.1) is 0 Å². The first kappa shape index (κ1) is 19.9. The summed E-state index contributed by atoms with van der Waals surface area (Å²) in [6, 6.07) is 6.38. The number of Topliss-reactive ketones (excluding diaryl/α,β-unsaturated/α-hetero) is 1. The first-order chi connectivity index (χ1) is 13.4. The molecule has 0 saturated heterocycles. The number of ketones is 1. The second kappa shape index (κ2) is 8.86. The number of carbonyl (C=O) groups is 2. The van der Waals surface area contributed by atoms with Crippen LogP contribution in [0.1, 0.15) is 40.2 Å². The van der Waals surface area contributed by atoms with E-state index >= 15 is 0 Å². The third kappa shape index (κ3) is 5.55. The van der Waals surface area contributed by atoms with Gasteiger partial charge in [-0.25, -0.2) is 13.8 Å². The SMILES string of the molecule is Cc1nc(OCC(F)F)ccc1CNC(=O)c1ccnc(CC(=O)C2CC2)c1. The molecule has 1 fully saturated rings. The van der Waals surface area contributed by atoms with Crippen molar-refractivity contribution in [1.82, 2.24) is 15.3 Å². The van der Waals surface area contributed by atoms with Gasteiger partial charge in [-0.05, 0) is 37.5 Å². The lowest BCUT2D eigenvalue weighted by molar-refractivity contribution is -0.119. The third-order valence-electron chi connectivity index (χ3n) is 4.43. The van der Waals surface area contributed by atoms with E-state index in [1.165, 1.54) is 12.3 Å². The van der Waals surface area contributed by atoms with Crippen LogP contribution < -0.4 is 10.1 Å². The van der Waals surface area contributed by atoms with Crippen LogP contribution in [0.25, 0.3) is 0 Å². The molecule has 0 aromatic carbocycles. The summed E-state index contributed by atoms with van der Waals surface area (Å²) in [7, 11) is 0. The number of rotatable bonds is 9. The summed E-state index contributed by atoms with van der Waals surface area (Å²) in [6.45, 7) is 1.23. The van der Waals surface area contributed by atoms with Crippen molar-refractivity contribution in [2.45, 2.75) is 39.2 Å². The molecule has 0 aliphatic heterocycles. The third-order valence-corrected chi connectivity index (χ3v) is 4.43. The van der Waals surface area contributed by atoms with Crippen molar-refractivity contribution in [2.75, 3.05) is 6.61 Å². The Balaban J connectivity index is 1.57. The Bertz CT molecular complexity index is 870. The molecule has 0 atom stereocenters. The summed E-state index contributed by atoms with van der Waals surface area (Å²) in [5.74, 6) is 0.148. The average Bonchev–Trinajstić information content (AvgIpc) is 3.51. The molecule has 2 aromatic rings. The van der Waals surface area contributed by atoms with E-state index in [9.17, 15) is 18.4 Å². The van der Waals surface area contributed by atoms with Gasteiger partial charge < -0.3 is 10.1 Å². The molecule has 2 aromatic heterocycles. The van der Waals surface area contributed by atoms with Crippen LogP contribution in [0.5, 0.6) is 5.88 Å². The van der Waals surface area contributed by atoms with Crippen molar-refractivity contribution in [2.24, 2.45) is 5.92 Å². The van der Waals surface area contributed by atoms with Crippen molar-refractivity contribution in [3.05, 3.63) is 53.0 Å². The minimum atomic E-state index is -2.56. The maximum Gasteiger partial charge on any atom is 0.272 e. The number of aryl methyl sites for hydroxylation is 1. The fourth-order valence-corrected chi connectivity index (χ4v) is 2.70. The first-order valence-electron chi connectivity index (χ1n) is 9.05. The van der Waals surface area contributed by atoms with Gasteiger partial charge in [-0.2, -0.15) is 0 Å². The van der Waals surface area contributed by atoms with Crippen LogP contribution in [-0.2, 0) is 17.8 Å². The maximum atomic E-state index is 12.4. The molecule has 2 heterocycles. The highest BCUT2D eigenvalue weighted by Gasteiger charge is 2.29. The zero-order chi connectivity index (χ0) is 20.1. The lowest BCUT2D eigenvalue weighted by Crippen LogP contribution is -2.24. The Labute approximate surface area is 161 Å². The summed E-state index contributed by atoms with van der Waals surface area (Å²) in [5.41, 5.74) is 2.34. The van der Waals surface area contributed by atoms with E-state index in [1.807, 2.05) is 0 Å². The normalized spacial score (nSPS) is 13.4. The molecule has 148 valence electrons. The largest absolute Gasteiger partial charge is 0.472 e. The molecule has 1 amide bonds. The van der Waals surface area contributed by atoms with Gasteiger partial charge >= 0.3 is 0 Å². The van der Waals surface area contributed by atoms with Crippen LogP contribution in [0.4, 0.5) is 8.78 Å². The molecule has 1 aliphatic carbocycles.